The van der Waals surface area contributed by atoms with Crippen molar-refractivity contribution >= 4 is 11.9 Å². The van der Waals surface area contributed by atoms with Crippen LogP contribution in [0.1, 0.15) is 52.9 Å². The summed E-state index contributed by atoms with van der Waals surface area (Å²) < 4.78 is 4.78. The van der Waals surface area contributed by atoms with E-state index in [0.717, 1.165) is 12.3 Å². The van der Waals surface area contributed by atoms with Crippen LogP contribution in [0.3, 0.4) is 0 Å². The molecule has 0 amide bonds. The van der Waals surface area contributed by atoms with Gasteiger partial charge in [0.05, 0.1) is 5.92 Å². The van der Waals surface area contributed by atoms with E-state index in [1.165, 1.54) is 12.8 Å². The second-order valence-corrected chi connectivity index (χ2v) is 4.96. The Morgan fingerprint density at radius 1 is 1.31 bits per heavy atom. The van der Waals surface area contributed by atoms with Gasteiger partial charge in [-0.1, -0.05) is 20.8 Å². The Balaban J connectivity index is 2.17. The zero-order valence-electron chi connectivity index (χ0n) is 10.5. The van der Waals surface area contributed by atoms with E-state index in [2.05, 4.69) is 6.92 Å². The predicted molar refractivity (Wildman–Crippen MR) is 61.7 cm³/mol. The number of hydrogen-bond acceptors (Lipinski definition) is 3. The molecular weight excluding hydrogens is 204 g/mol. The van der Waals surface area contributed by atoms with E-state index in [9.17, 15) is 9.59 Å². The van der Waals surface area contributed by atoms with Crippen LogP contribution in [0.25, 0.3) is 0 Å². The molecule has 0 aromatic heterocycles. The summed E-state index contributed by atoms with van der Waals surface area (Å²) in [5.74, 6) is 0.471. The van der Waals surface area contributed by atoms with Crippen LogP contribution in [-0.4, -0.2) is 11.9 Å². The highest BCUT2D eigenvalue weighted by Gasteiger charge is 2.28. The van der Waals surface area contributed by atoms with Gasteiger partial charge in [0.1, 0.15) is 0 Å². The van der Waals surface area contributed by atoms with Crippen molar-refractivity contribution in [1.82, 2.24) is 0 Å². The van der Waals surface area contributed by atoms with Gasteiger partial charge < -0.3 is 4.74 Å². The molecule has 0 spiro atoms. The van der Waals surface area contributed by atoms with Crippen LogP contribution in [0, 0.1) is 17.8 Å². The van der Waals surface area contributed by atoms with Crippen LogP contribution >= 0.6 is 0 Å². The first-order chi connectivity index (χ1) is 7.54. The quantitative estimate of drug-likeness (QED) is 0.516. The smallest absolute Gasteiger partial charge is 0.316 e. The fourth-order valence-electron chi connectivity index (χ4n) is 1.68. The van der Waals surface area contributed by atoms with Crippen LogP contribution in [0.2, 0.25) is 0 Å². The zero-order chi connectivity index (χ0) is 12.1. The number of esters is 2. The van der Waals surface area contributed by atoms with Crippen molar-refractivity contribution in [3.8, 4) is 0 Å². The van der Waals surface area contributed by atoms with Gasteiger partial charge in [0.2, 0.25) is 0 Å². The van der Waals surface area contributed by atoms with E-state index in [-0.39, 0.29) is 17.9 Å². The van der Waals surface area contributed by atoms with Gasteiger partial charge in [0.15, 0.2) is 0 Å². The van der Waals surface area contributed by atoms with E-state index >= 15 is 0 Å². The lowest BCUT2D eigenvalue weighted by Crippen LogP contribution is -2.19. The van der Waals surface area contributed by atoms with E-state index in [0.29, 0.717) is 18.8 Å². The molecule has 0 N–H and O–H groups in total. The molecule has 3 heteroatoms. The fourth-order valence-corrected chi connectivity index (χ4v) is 1.68. The molecule has 0 saturated heterocycles. The highest BCUT2D eigenvalue weighted by molar-refractivity contribution is 5.86. The Bertz CT molecular complexity index is 256. The third kappa shape index (κ3) is 4.33. The van der Waals surface area contributed by atoms with Gasteiger partial charge in [-0.2, -0.15) is 0 Å². The van der Waals surface area contributed by atoms with Crippen LogP contribution in [0.15, 0.2) is 0 Å². The van der Waals surface area contributed by atoms with Gasteiger partial charge in [-0.05, 0) is 37.5 Å². The Morgan fingerprint density at radius 3 is 2.44 bits per heavy atom. The SMILES string of the molecule is CCC(C)C(=O)OC(=O)CCC(C)C1CC1. The average molecular weight is 226 g/mol. The maximum Gasteiger partial charge on any atom is 0.316 e. The van der Waals surface area contributed by atoms with Gasteiger partial charge in [-0.3, -0.25) is 9.59 Å². The summed E-state index contributed by atoms with van der Waals surface area (Å²) >= 11 is 0. The molecule has 92 valence electrons. The largest absolute Gasteiger partial charge is 0.393 e. The van der Waals surface area contributed by atoms with Gasteiger partial charge in [0, 0.05) is 6.42 Å². The van der Waals surface area contributed by atoms with Crippen LogP contribution in [0.5, 0.6) is 0 Å². The molecule has 1 fully saturated rings. The fraction of sp³-hybridized carbons (Fsp3) is 0.846. The molecule has 1 saturated carbocycles. The highest BCUT2D eigenvalue weighted by Crippen LogP contribution is 2.38. The second kappa shape index (κ2) is 6.02. The van der Waals surface area contributed by atoms with Crippen molar-refractivity contribution < 1.29 is 14.3 Å². The normalized spacial score (nSPS) is 18.9. The third-order valence-electron chi connectivity index (χ3n) is 3.46. The molecule has 0 aliphatic heterocycles. The molecule has 2 atom stereocenters. The van der Waals surface area contributed by atoms with E-state index < -0.39 is 0 Å². The first-order valence-electron chi connectivity index (χ1n) is 6.29. The maximum absolute atomic E-state index is 11.4. The van der Waals surface area contributed by atoms with E-state index in [1.807, 2.05) is 6.92 Å². The molecule has 0 radical (unpaired) electrons. The van der Waals surface area contributed by atoms with Gasteiger partial charge in [-0.15, -0.1) is 0 Å². The van der Waals surface area contributed by atoms with Crippen LogP contribution in [0.4, 0.5) is 0 Å². The molecule has 0 aromatic rings. The predicted octanol–water partition coefficient (Wildman–Crippen LogP) is 2.93. The van der Waals surface area contributed by atoms with E-state index in [1.54, 1.807) is 6.92 Å². The Labute approximate surface area is 97.5 Å². The van der Waals surface area contributed by atoms with Crippen molar-refractivity contribution in [2.24, 2.45) is 17.8 Å². The van der Waals surface area contributed by atoms with Gasteiger partial charge >= 0.3 is 11.9 Å². The minimum absolute atomic E-state index is 0.176. The summed E-state index contributed by atoms with van der Waals surface area (Å²) in [4.78, 5) is 22.7. The molecule has 0 aromatic carbocycles. The summed E-state index contributed by atoms with van der Waals surface area (Å²) in [6, 6.07) is 0. The summed E-state index contributed by atoms with van der Waals surface area (Å²) in [5.41, 5.74) is 0. The Hall–Kier alpha value is -0.860. The maximum atomic E-state index is 11.4. The summed E-state index contributed by atoms with van der Waals surface area (Å²) in [5, 5.41) is 0. The van der Waals surface area contributed by atoms with Crippen LogP contribution in [-0.2, 0) is 14.3 Å². The summed E-state index contributed by atoms with van der Waals surface area (Å²) in [6.07, 6.45) is 4.52. The number of ether oxygens (including phenoxy) is 1. The minimum Gasteiger partial charge on any atom is -0.393 e. The topological polar surface area (TPSA) is 43.4 Å². The van der Waals surface area contributed by atoms with Crippen molar-refractivity contribution in [2.75, 3.05) is 0 Å². The molecule has 2 unspecified atom stereocenters. The lowest BCUT2D eigenvalue weighted by molar-refractivity contribution is -0.162. The Kier molecular flexibility index (Phi) is 4.97. The first-order valence-corrected chi connectivity index (χ1v) is 6.29. The zero-order valence-corrected chi connectivity index (χ0v) is 10.5. The number of hydrogen-bond donors (Lipinski definition) is 0. The third-order valence-corrected chi connectivity index (χ3v) is 3.46. The summed E-state index contributed by atoms with van der Waals surface area (Å²) in [7, 11) is 0. The molecule has 16 heavy (non-hydrogen) atoms. The molecule has 3 nitrogen and oxygen atoms in total. The standard InChI is InChI=1S/C13H22O3/c1-4-9(2)13(15)16-12(14)8-5-10(3)11-6-7-11/h9-11H,4-8H2,1-3H3. The molecule has 1 aliphatic rings. The molecular formula is C13H22O3. The van der Waals surface area contributed by atoms with Crippen molar-refractivity contribution in [3.63, 3.8) is 0 Å². The first kappa shape index (κ1) is 13.2. The highest BCUT2D eigenvalue weighted by atomic mass is 16.6. The van der Waals surface area contributed by atoms with Crippen molar-refractivity contribution in [2.45, 2.75) is 52.9 Å². The Morgan fingerprint density at radius 2 is 1.94 bits per heavy atom. The lowest BCUT2D eigenvalue weighted by atomic mass is 10.0. The monoisotopic (exact) mass is 226 g/mol. The second-order valence-electron chi connectivity index (χ2n) is 4.96. The number of carbonyl (C=O) groups excluding carboxylic acids is 2. The minimum atomic E-state index is -0.383. The number of rotatable bonds is 6. The van der Waals surface area contributed by atoms with Crippen molar-refractivity contribution in [1.29, 1.82) is 0 Å². The van der Waals surface area contributed by atoms with Gasteiger partial charge in [0.25, 0.3) is 0 Å². The molecule has 1 rings (SSSR count). The van der Waals surface area contributed by atoms with Gasteiger partial charge in [-0.25, -0.2) is 0 Å². The van der Waals surface area contributed by atoms with Crippen LogP contribution < -0.4 is 0 Å². The lowest BCUT2D eigenvalue weighted by Gasteiger charge is -2.10. The molecule has 0 heterocycles. The number of carbonyl (C=O) groups is 2. The average Bonchev–Trinajstić information content (AvgIpc) is 3.08. The van der Waals surface area contributed by atoms with E-state index in [4.69, 9.17) is 4.74 Å². The molecule has 1 aliphatic carbocycles. The summed E-state index contributed by atoms with van der Waals surface area (Å²) in [6.45, 7) is 5.86. The molecule has 0 bridgehead atoms. The van der Waals surface area contributed by atoms with Crippen molar-refractivity contribution in [3.05, 3.63) is 0 Å².